The molecule has 3 nitrogen and oxygen atoms in total. The van der Waals surface area contributed by atoms with Crippen molar-refractivity contribution in [1.29, 1.82) is 0 Å². The summed E-state index contributed by atoms with van der Waals surface area (Å²) in [4.78, 5) is 13.9. The van der Waals surface area contributed by atoms with Gasteiger partial charge in [-0.25, -0.2) is 4.79 Å². The zero-order chi connectivity index (χ0) is 14.5. The number of hydrogen-bond donors (Lipinski definition) is 1. The standard InChI is InChI=1S/C17H20N2O/c1-13(2)15-11-7-8-12-16(15)18-17(20)19(3)14-9-5-4-6-10-14/h4-13H,1-3H3,(H,18,20). The minimum Gasteiger partial charge on any atom is -0.307 e. The predicted molar refractivity (Wildman–Crippen MR) is 84.4 cm³/mol. The van der Waals surface area contributed by atoms with Crippen molar-refractivity contribution < 1.29 is 4.79 Å². The zero-order valence-electron chi connectivity index (χ0n) is 12.1. The van der Waals surface area contributed by atoms with Crippen molar-refractivity contribution in [3.8, 4) is 0 Å². The lowest BCUT2D eigenvalue weighted by atomic mass is 10.0. The highest BCUT2D eigenvalue weighted by atomic mass is 16.2. The molecule has 0 unspecified atom stereocenters. The minimum atomic E-state index is -0.135. The Labute approximate surface area is 120 Å². The molecular weight excluding hydrogens is 248 g/mol. The maximum Gasteiger partial charge on any atom is 0.326 e. The fourth-order valence-electron chi connectivity index (χ4n) is 2.08. The average Bonchev–Trinajstić information content (AvgIpc) is 2.47. The van der Waals surface area contributed by atoms with Crippen molar-refractivity contribution in [2.75, 3.05) is 17.3 Å². The van der Waals surface area contributed by atoms with Gasteiger partial charge in [0.05, 0.1) is 0 Å². The number of anilines is 2. The number of urea groups is 1. The van der Waals surface area contributed by atoms with Crippen LogP contribution in [-0.2, 0) is 0 Å². The van der Waals surface area contributed by atoms with Crippen LogP contribution in [0.25, 0.3) is 0 Å². The summed E-state index contributed by atoms with van der Waals surface area (Å²) in [5.41, 5.74) is 2.88. The van der Waals surface area contributed by atoms with E-state index >= 15 is 0 Å². The summed E-state index contributed by atoms with van der Waals surface area (Å²) in [5, 5.41) is 2.98. The highest BCUT2D eigenvalue weighted by Gasteiger charge is 2.13. The van der Waals surface area contributed by atoms with E-state index in [4.69, 9.17) is 0 Å². The molecule has 0 aromatic heterocycles. The number of carbonyl (C=O) groups is 1. The lowest BCUT2D eigenvalue weighted by Gasteiger charge is -2.20. The van der Waals surface area contributed by atoms with Gasteiger partial charge >= 0.3 is 6.03 Å². The number of para-hydroxylation sites is 2. The molecule has 0 atom stereocenters. The molecule has 20 heavy (non-hydrogen) atoms. The second-order valence-corrected chi connectivity index (χ2v) is 5.07. The molecule has 2 aromatic rings. The Balaban J connectivity index is 2.16. The molecule has 0 saturated carbocycles. The Kier molecular flexibility index (Phi) is 4.41. The first-order chi connectivity index (χ1) is 9.59. The molecule has 0 heterocycles. The second kappa shape index (κ2) is 6.24. The molecule has 1 N–H and O–H groups in total. The normalized spacial score (nSPS) is 10.4. The Morgan fingerprint density at radius 2 is 1.60 bits per heavy atom. The quantitative estimate of drug-likeness (QED) is 0.874. The van der Waals surface area contributed by atoms with Gasteiger partial charge in [-0.3, -0.25) is 4.90 Å². The van der Waals surface area contributed by atoms with Gasteiger partial charge in [-0.1, -0.05) is 50.2 Å². The minimum absolute atomic E-state index is 0.135. The van der Waals surface area contributed by atoms with Crippen molar-refractivity contribution in [2.45, 2.75) is 19.8 Å². The summed E-state index contributed by atoms with van der Waals surface area (Å²) >= 11 is 0. The second-order valence-electron chi connectivity index (χ2n) is 5.07. The fraction of sp³-hybridized carbons (Fsp3) is 0.235. The van der Waals surface area contributed by atoms with E-state index in [0.717, 1.165) is 16.9 Å². The van der Waals surface area contributed by atoms with Gasteiger partial charge in [-0.15, -0.1) is 0 Å². The smallest absolute Gasteiger partial charge is 0.307 e. The highest BCUT2D eigenvalue weighted by Crippen LogP contribution is 2.24. The number of nitrogens with zero attached hydrogens (tertiary/aromatic N) is 1. The van der Waals surface area contributed by atoms with Gasteiger partial charge in [-0.2, -0.15) is 0 Å². The highest BCUT2D eigenvalue weighted by molar-refractivity contribution is 6.01. The zero-order valence-corrected chi connectivity index (χ0v) is 12.1. The number of benzene rings is 2. The maximum atomic E-state index is 12.3. The first-order valence-electron chi connectivity index (χ1n) is 6.78. The Hall–Kier alpha value is -2.29. The third-order valence-electron chi connectivity index (χ3n) is 3.27. The number of amides is 2. The third kappa shape index (κ3) is 3.18. The van der Waals surface area contributed by atoms with E-state index in [0.29, 0.717) is 5.92 Å². The molecule has 2 rings (SSSR count). The van der Waals surface area contributed by atoms with Crippen LogP contribution in [0.2, 0.25) is 0 Å². The molecule has 0 aliphatic heterocycles. The van der Waals surface area contributed by atoms with Crippen LogP contribution in [0.15, 0.2) is 54.6 Å². The molecule has 0 radical (unpaired) electrons. The molecule has 0 spiro atoms. The Bertz CT molecular complexity index is 579. The van der Waals surface area contributed by atoms with Crippen LogP contribution in [0.1, 0.15) is 25.3 Å². The summed E-state index contributed by atoms with van der Waals surface area (Å²) in [6.45, 7) is 4.23. The largest absolute Gasteiger partial charge is 0.326 e. The van der Waals surface area contributed by atoms with Crippen LogP contribution < -0.4 is 10.2 Å². The van der Waals surface area contributed by atoms with Gasteiger partial charge in [0, 0.05) is 18.4 Å². The summed E-state index contributed by atoms with van der Waals surface area (Å²) < 4.78 is 0. The van der Waals surface area contributed by atoms with E-state index in [2.05, 4.69) is 19.2 Å². The molecule has 0 aliphatic rings. The number of nitrogens with one attached hydrogen (secondary N) is 1. The SMILES string of the molecule is CC(C)c1ccccc1NC(=O)N(C)c1ccccc1. The predicted octanol–water partition coefficient (Wildman–Crippen LogP) is 4.48. The first-order valence-corrected chi connectivity index (χ1v) is 6.78. The van der Waals surface area contributed by atoms with Gasteiger partial charge in [0.15, 0.2) is 0 Å². The van der Waals surface area contributed by atoms with Crippen molar-refractivity contribution in [3.63, 3.8) is 0 Å². The summed E-state index contributed by atoms with van der Waals surface area (Å²) in [7, 11) is 1.77. The van der Waals surface area contributed by atoms with E-state index in [9.17, 15) is 4.79 Å². The summed E-state index contributed by atoms with van der Waals surface area (Å²) in [5.74, 6) is 0.369. The maximum absolute atomic E-state index is 12.3. The summed E-state index contributed by atoms with van der Waals surface area (Å²) in [6, 6.07) is 17.4. The number of hydrogen-bond acceptors (Lipinski definition) is 1. The van der Waals surface area contributed by atoms with Gasteiger partial charge in [0.1, 0.15) is 0 Å². The molecule has 104 valence electrons. The van der Waals surface area contributed by atoms with E-state index < -0.39 is 0 Å². The van der Waals surface area contributed by atoms with E-state index in [-0.39, 0.29) is 6.03 Å². The van der Waals surface area contributed by atoms with E-state index in [1.54, 1.807) is 11.9 Å². The van der Waals surface area contributed by atoms with Crippen LogP contribution in [0.4, 0.5) is 16.2 Å². The summed E-state index contributed by atoms with van der Waals surface area (Å²) in [6.07, 6.45) is 0. The first kappa shape index (κ1) is 14.1. The average molecular weight is 268 g/mol. The fourth-order valence-corrected chi connectivity index (χ4v) is 2.08. The van der Waals surface area contributed by atoms with Crippen LogP contribution in [0.3, 0.4) is 0 Å². The Morgan fingerprint density at radius 3 is 2.25 bits per heavy atom. The molecule has 0 fully saturated rings. The van der Waals surface area contributed by atoms with Crippen molar-refractivity contribution >= 4 is 17.4 Å². The van der Waals surface area contributed by atoms with Gasteiger partial charge in [-0.05, 0) is 29.7 Å². The van der Waals surface area contributed by atoms with Crippen molar-refractivity contribution in [3.05, 3.63) is 60.2 Å². The van der Waals surface area contributed by atoms with E-state index in [1.807, 2.05) is 54.6 Å². The van der Waals surface area contributed by atoms with Crippen LogP contribution in [0.5, 0.6) is 0 Å². The van der Waals surface area contributed by atoms with Crippen molar-refractivity contribution in [1.82, 2.24) is 0 Å². The number of carbonyl (C=O) groups excluding carboxylic acids is 1. The molecule has 0 saturated heterocycles. The van der Waals surface area contributed by atoms with Crippen molar-refractivity contribution in [2.24, 2.45) is 0 Å². The van der Waals surface area contributed by atoms with Crippen LogP contribution in [-0.4, -0.2) is 13.1 Å². The molecule has 0 aliphatic carbocycles. The van der Waals surface area contributed by atoms with E-state index in [1.165, 1.54) is 0 Å². The van der Waals surface area contributed by atoms with Crippen LogP contribution >= 0.6 is 0 Å². The molecule has 2 aromatic carbocycles. The molecule has 3 heteroatoms. The topological polar surface area (TPSA) is 32.3 Å². The molecular formula is C17H20N2O. The monoisotopic (exact) mass is 268 g/mol. The lowest BCUT2D eigenvalue weighted by molar-refractivity contribution is 0.258. The third-order valence-corrected chi connectivity index (χ3v) is 3.27. The molecule has 2 amide bonds. The Morgan fingerprint density at radius 1 is 1.00 bits per heavy atom. The van der Waals surface area contributed by atoms with Gasteiger partial charge in [0.2, 0.25) is 0 Å². The number of rotatable bonds is 3. The lowest BCUT2D eigenvalue weighted by Crippen LogP contribution is -2.31. The van der Waals surface area contributed by atoms with Gasteiger partial charge in [0.25, 0.3) is 0 Å². The van der Waals surface area contributed by atoms with Gasteiger partial charge < -0.3 is 5.32 Å². The van der Waals surface area contributed by atoms with Crippen LogP contribution in [0, 0.1) is 0 Å². The molecule has 0 bridgehead atoms.